The monoisotopic (exact) mass is 142 g/mol. The van der Waals surface area contributed by atoms with Crippen LogP contribution in [0.5, 0.6) is 0 Å². The largest absolute Gasteiger partial charge is 0.394 e. The smallest absolute Gasteiger partial charge is 0.0812 e. The summed E-state index contributed by atoms with van der Waals surface area (Å²) in [6.45, 7) is 3.36. The Balaban J connectivity index is 1.95. The van der Waals surface area contributed by atoms with Crippen molar-refractivity contribution in [1.82, 2.24) is 0 Å². The molecule has 1 heterocycles. The minimum atomic E-state index is 0.143. The summed E-state index contributed by atoms with van der Waals surface area (Å²) in [5, 5.41) is 8.79. The Morgan fingerprint density at radius 3 is 2.60 bits per heavy atom. The Hall–Kier alpha value is -0.0800. The Kier molecular flexibility index (Phi) is 1.29. The molecule has 0 aromatic carbocycles. The second-order valence-electron chi connectivity index (χ2n) is 3.79. The molecule has 0 aromatic heterocycles. The second kappa shape index (κ2) is 1.95. The van der Waals surface area contributed by atoms with E-state index in [1.165, 1.54) is 6.42 Å². The number of hydrogen-bond donors (Lipinski definition) is 1. The molecule has 2 heteroatoms. The van der Waals surface area contributed by atoms with Crippen LogP contribution >= 0.6 is 0 Å². The first kappa shape index (κ1) is 6.62. The van der Waals surface area contributed by atoms with E-state index in [9.17, 15) is 0 Å². The van der Waals surface area contributed by atoms with E-state index in [-0.39, 0.29) is 12.7 Å². The average Bonchev–Trinajstić information content (AvgIpc) is 2.43. The summed E-state index contributed by atoms with van der Waals surface area (Å²) < 4.78 is 5.40. The SMILES string of the molecule is C[C@@H]1C[C@@]12CO[C@@H](CO)C2. The van der Waals surface area contributed by atoms with Gasteiger partial charge >= 0.3 is 0 Å². The Bertz CT molecular complexity index is 146. The third-order valence-electron chi connectivity index (χ3n) is 3.04. The van der Waals surface area contributed by atoms with E-state index in [2.05, 4.69) is 6.92 Å². The Morgan fingerprint density at radius 2 is 2.30 bits per heavy atom. The number of aliphatic hydroxyl groups excluding tert-OH is 1. The van der Waals surface area contributed by atoms with Crippen LogP contribution in [-0.2, 0) is 4.74 Å². The van der Waals surface area contributed by atoms with Gasteiger partial charge in [-0.1, -0.05) is 6.92 Å². The maximum atomic E-state index is 8.79. The van der Waals surface area contributed by atoms with E-state index in [4.69, 9.17) is 9.84 Å². The van der Waals surface area contributed by atoms with Crippen LogP contribution < -0.4 is 0 Å². The van der Waals surface area contributed by atoms with Crippen molar-refractivity contribution in [2.45, 2.75) is 25.9 Å². The predicted molar refractivity (Wildman–Crippen MR) is 37.7 cm³/mol. The molecule has 2 rings (SSSR count). The summed E-state index contributed by atoms with van der Waals surface area (Å²) in [6, 6.07) is 0. The third-order valence-corrected chi connectivity index (χ3v) is 3.04. The molecule has 1 spiro atoms. The van der Waals surface area contributed by atoms with Crippen LogP contribution in [0.15, 0.2) is 0 Å². The zero-order chi connectivity index (χ0) is 7.19. The molecule has 0 unspecified atom stereocenters. The van der Waals surface area contributed by atoms with Crippen LogP contribution in [-0.4, -0.2) is 24.4 Å². The quantitative estimate of drug-likeness (QED) is 0.586. The van der Waals surface area contributed by atoms with E-state index in [1.54, 1.807) is 0 Å². The van der Waals surface area contributed by atoms with Gasteiger partial charge in [-0.2, -0.15) is 0 Å². The highest BCUT2D eigenvalue weighted by Gasteiger charge is 2.55. The van der Waals surface area contributed by atoms with Crippen molar-refractivity contribution in [2.24, 2.45) is 11.3 Å². The van der Waals surface area contributed by atoms with Gasteiger partial charge in [0, 0.05) is 0 Å². The van der Waals surface area contributed by atoms with Crippen LogP contribution in [0.3, 0.4) is 0 Å². The van der Waals surface area contributed by atoms with Gasteiger partial charge in [-0.3, -0.25) is 0 Å². The highest BCUT2D eigenvalue weighted by atomic mass is 16.5. The molecule has 0 aromatic rings. The van der Waals surface area contributed by atoms with E-state index >= 15 is 0 Å². The molecule has 2 nitrogen and oxygen atoms in total. The fourth-order valence-electron chi connectivity index (χ4n) is 2.01. The van der Waals surface area contributed by atoms with Gasteiger partial charge in [-0.05, 0) is 24.2 Å². The average molecular weight is 142 g/mol. The van der Waals surface area contributed by atoms with Crippen molar-refractivity contribution in [2.75, 3.05) is 13.2 Å². The van der Waals surface area contributed by atoms with Gasteiger partial charge in [0.05, 0.1) is 19.3 Å². The topological polar surface area (TPSA) is 29.5 Å². The molecule has 10 heavy (non-hydrogen) atoms. The number of ether oxygens (including phenoxy) is 1. The molecule has 3 atom stereocenters. The van der Waals surface area contributed by atoms with Gasteiger partial charge in [0.1, 0.15) is 0 Å². The lowest BCUT2D eigenvalue weighted by molar-refractivity contribution is 0.0563. The van der Waals surface area contributed by atoms with E-state index in [1.807, 2.05) is 0 Å². The fraction of sp³-hybridized carbons (Fsp3) is 1.00. The second-order valence-corrected chi connectivity index (χ2v) is 3.79. The van der Waals surface area contributed by atoms with Crippen molar-refractivity contribution in [3.8, 4) is 0 Å². The molecule has 1 aliphatic heterocycles. The van der Waals surface area contributed by atoms with E-state index in [0.717, 1.165) is 18.9 Å². The molecule has 1 saturated heterocycles. The molecule has 0 radical (unpaired) electrons. The maximum Gasteiger partial charge on any atom is 0.0812 e. The normalized spacial score (nSPS) is 52.2. The highest BCUT2D eigenvalue weighted by molar-refractivity contribution is 5.04. The molecule has 0 amide bonds. The summed E-state index contributed by atoms with van der Waals surface area (Å²) in [6.07, 6.45) is 2.54. The minimum absolute atomic E-state index is 0.143. The van der Waals surface area contributed by atoms with Gasteiger partial charge < -0.3 is 9.84 Å². The van der Waals surface area contributed by atoms with Crippen molar-refractivity contribution in [3.05, 3.63) is 0 Å². The standard InChI is InChI=1S/C8H14O2/c1-6-2-8(6)3-7(4-9)10-5-8/h6-7,9H,2-5H2,1H3/t6-,7-,8-/m1/s1. The molecular formula is C8H14O2. The fourth-order valence-corrected chi connectivity index (χ4v) is 2.01. The summed E-state index contributed by atoms with van der Waals surface area (Å²) in [4.78, 5) is 0. The van der Waals surface area contributed by atoms with Crippen molar-refractivity contribution in [1.29, 1.82) is 0 Å². The highest BCUT2D eigenvalue weighted by Crippen LogP contribution is 2.58. The first-order valence-electron chi connectivity index (χ1n) is 3.99. The van der Waals surface area contributed by atoms with Crippen LogP contribution in [0.4, 0.5) is 0 Å². The summed E-state index contributed by atoms with van der Waals surface area (Å²) >= 11 is 0. The van der Waals surface area contributed by atoms with Crippen LogP contribution in [0.25, 0.3) is 0 Å². The zero-order valence-corrected chi connectivity index (χ0v) is 6.34. The molecular weight excluding hydrogens is 128 g/mol. The zero-order valence-electron chi connectivity index (χ0n) is 6.34. The third kappa shape index (κ3) is 0.789. The molecule has 1 saturated carbocycles. The van der Waals surface area contributed by atoms with Gasteiger partial charge in [0.25, 0.3) is 0 Å². The van der Waals surface area contributed by atoms with Gasteiger partial charge in [-0.15, -0.1) is 0 Å². The minimum Gasteiger partial charge on any atom is -0.394 e. The molecule has 2 fully saturated rings. The summed E-state index contributed by atoms with van der Waals surface area (Å²) in [5.74, 6) is 0.837. The van der Waals surface area contributed by atoms with E-state index < -0.39 is 0 Å². The summed E-state index contributed by atoms with van der Waals surface area (Å²) in [5.41, 5.74) is 0.493. The number of rotatable bonds is 1. The van der Waals surface area contributed by atoms with Gasteiger partial charge in [0.2, 0.25) is 0 Å². The lowest BCUT2D eigenvalue weighted by atomic mass is 10.0. The molecule has 1 aliphatic carbocycles. The van der Waals surface area contributed by atoms with Crippen molar-refractivity contribution >= 4 is 0 Å². The van der Waals surface area contributed by atoms with Crippen LogP contribution in [0, 0.1) is 11.3 Å². The predicted octanol–water partition coefficient (Wildman–Crippen LogP) is 0.794. The molecule has 1 N–H and O–H groups in total. The maximum absolute atomic E-state index is 8.79. The Labute approximate surface area is 61.2 Å². The number of aliphatic hydroxyl groups is 1. The van der Waals surface area contributed by atoms with Gasteiger partial charge in [0.15, 0.2) is 0 Å². The molecule has 0 bridgehead atoms. The number of hydrogen-bond acceptors (Lipinski definition) is 2. The van der Waals surface area contributed by atoms with Crippen LogP contribution in [0.1, 0.15) is 19.8 Å². The lowest BCUT2D eigenvalue weighted by Gasteiger charge is -2.02. The first-order valence-corrected chi connectivity index (χ1v) is 3.99. The van der Waals surface area contributed by atoms with Crippen LogP contribution in [0.2, 0.25) is 0 Å². The Morgan fingerprint density at radius 1 is 1.60 bits per heavy atom. The van der Waals surface area contributed by atoms with E-state index in [0.29, 0.717) is 5.41 Å². The van der Waals surface area contributed by atoms with Crippen molar-refractivity contribution in [3.63, 3.8) is 0 Å². The van der Waals surface area contributed by atoms with Gasteiger partial charge in [-0.25, -0.2) is 0 Å². The molecule has 2 aliphatic rings. The van der Waals surface area contributed by atoms with Crippen molar-refractivity contribution < 1.29 is 9.84 Å². The lowest BCUT2D eigenvalue weighted by Crippen LogP contribution is -2.10. The summed E-state index contributed by atoms with van der Waals surface area (Å²) in [7, 11) is 0. The molecule has 58 valence electrons. The first-order chi connectivity index (χ1) is 4.77.